The van der Waals surface area contributed by atoms with E-state index in [0.29, 0.717) is 5.75 Å². The molecule has 218 valence electrons. The van der Waals surface area contributed by atoms with Crippen molar-refractivity contribution in [1.82, 2.24) is 19.5 Å². The normalized spacial score (nSPS) is 21.9. The first-order valence-electron chi connectivity index (χ1n) is 13.8. The number of imidazole rings is 1. The van der Waals surface area contributed by atoms with Crippen molar-refractivity contribution in [3.63, 3.8) is 0 Å². The summed E-state index contributed by atoms with van der Waals surface area (Å²) in [4.78, 5) is 25.1. The van der Waals surface area contributed by atoms with Crippen LogP contribution in [0.3, 0.4) is 0 Å². The van der Waals surface area contributed by atoms with Gasteiger partial charge in [-0.2, -0.15) is 4.98 Å². The third kappa shape index (κ3) is 4.54. The molecule has 0 spiro atoms. The number of methoxy groups -OCH3 is 1. The van der Waals surface area contributed by atoms with Crippen molar-refractivity contribution >= 4 is 17.1 Å². The van der Waals surface area contributed by atoms with Gasteiger partial charge in [0, 0.05) is 5.92 Å². The van der Waals surface area contributed by atoms with Crippen LogP contribution in [-0.4, -0.2) is 50.1 Å². The first kappa shape index (κ1) is 28.2. The number of aromatic nitrogens is 4. The number of nitrogens with one attached hydrogen (secondary N) is 2. The number of aliphatic hydroxyl groups is 1. The lowest BCUT2D eigenvalue weighted by Gasteiger charge is -2.37. The Morgan fingerprint density at radius 1 is 1.09 bits per heavy atom. The fraction of sp³-hybridized carbons (Fsp3) is 0.242. The van der Waals surface area contributed by atoms with Crippen LogP contribution >= 0.6 is 0 Å². The molecular formula is C33H30FN5O4. The maximum Gasteiger partial charge on any atom is 0.280 e. The highest BCUT2D eigenvalue weighted by molar-refractivity contribution is 5.71. The number of nitrogens with zero attached hydrogens (tertiary/aromatic N) is 3. The number of hydrogen-bond donors (Lipinski definition) is 3. The van der Waals surface area contributed by atoms with Crippen molar-refractivity contribution in [1.29, 1.82) is 0 Å². The Balaban J connectivity index is 1.54. The minimum Gasteiger partial charge on any atom is -0.497 e. The molecule has 0 unspecified atom stereocenters. The molecule has 1 fully saturated rings. The van der Waals surface area contributed by atoms with Gasteiger partial charge in [-0.25, -0.2) is 9.37 Å². The zero-order chi connectivity index (χ0) is 30.2. The van der Waals surface area contributed by atoms with Crippen molar-refractivity contribution in [2.75, 3.05) is 19.0 Å². The lowest BCUT2D eigenvalue weighted by atomic mass is 9.77. The van der Waals surface area contributed by atoms with E-state index in [0.717, 1.165) is 16.7 Å². The van der Waals surface area contributed by atoms with Crippen molar-refractivity contribution < 1.29 is 19.0 Å². The van der Waals surface area contributed by atoms with Crippen LogP contribution in [0, 0.1) is 18.3 Å². The highest BCUT2D eigenvalue weighted by Gasteiger charge is 2.53. The van der Waals surface area contributed by atoms with Crippen LogP contribution in [0.5, 0.6) is 5.75 Å². The molecule has 9 nitrogen and oxygen atoms in total. The lowest BCUT2D eigenvalue weighted by Crippen LogP contribution is -2.39. The summed E-state index contributed by atoms with van der Waals surface area (Å²) in [5.41, 5.74) is -0.370. The average molecular weight is 580 g/mol. The number of halogens is 1. The zero-order valence-electron chi connectivity index (χ0n) is 23.6. The second-order valence-electron chi connectivity index (χ2n) is 10.5. The van der Waals surface area contributed by atoms with Crippen LogP contribution in [0.2, 0.25) is 0 Å². The van der Waals surface area contributed by atoms with Gasteiger partial charge in [-0.15, -0.1) is 6.42 Å². The largest absolute Gasteiger partial charge is 0.497 e. The van der Waals surface area contributed by atoms with Gasteiger partial charge in [-0.05, 0) is 28.8 Å². The molecule has 4 atom stereocenters. The van der Waals surface area contributed by atoms with Crippen LogP contribution in [0.25, 0.3) is 11.2 Å². The molecule has 5 aromatic rings. The molecular weight excluding hydrogens is 549 g/mol. The van der Waals surface area contributed by atoms with Gasteiger partial charge >= 0.3 is 0 Å². The van der Waals surface area contributed by atoms with E-state index in [9.17, 15) is 9.90 Å². The second-order valence-corrected chi connectivity index (χ2v) is 10.5. The number of fused-ring (bicyclic) bond motifs is 1. The molecule has 1 saturated heterocycles. The number of aliphatic hydroxyl groups excluding tert-OH is 1. The summed E-state index contributed by atoms with van der Waals surface area (Å²) >= 11 is 0. The van der Waals surface area contributed by atoms with Crippen molar-refractivity contribution in [3.05, 3.63) is 118 Å². The third-order valence-electron chi connectivity index (χ3n) is 8.24. The molecule has 0 amide bonds. The molecule has 0 aliphatic carbocycles. The molecule has 43 heavy (non-hydrogen) atoms. The molecule has 6 rings (SSSR count). The van der Waals surface area contributed by atoms with Crippen LogP contribution in [-0.2, 0) is 10.3 Å². The quantitative estimate of drug-likeness (QED) is 0.184. The molecule has 3 N–H and O–H groups in total. The predicted molar refractivity (Wildman–Crippen MR) is 160 cm³/mol. The molecule has 3 aromatic carbocycles. The lowest BCUT2D eigenvalue weighted by molar-refractivity contribution is -0.0768. The summed E-state index contributed by atoms with van der Waals surface area (Å²) < 4.78 is 28.3. The van der Waals surface area contributed by atoms with E-state index in [-0.39, 0.29) is 17.1 Å². The van der Waals surface area contributed by atoms with E-state index in [2.05, 4.69) is 21.2 Å². The molecule has 1 aliphatic heterocycles. The maximum absolute atomic E-state index is 15.6. The summed E-state index contributed by atoms with van der Waals surface area (Å²) in [6.07, 6.45) is 4.11. The van der Waals surface area contributed by atoms with Gasteiger partial charge in [-0.3, -0.25) is 14.3 Å². The maximum atomic E-state index is 15.6. The number of H-pyrrole nitrogens is 1. The smallest absolute Gasteiger partial charge is 0.280 e. The number of benzene rings is 3. The van der Waals surface area contributed by atoms with Crippen LogP contribution in [0.1, 0.15) is 29.8 Å². The fourth-order valence-electron chi connectivity index (χ4n) is 5.78. The van der Waals surface area contributed by atoms with Gasteiger partial charge in [0.05, 0.1) is 20.0 Å². The van der Waals surface area contributed by atoms with E-state index < -0.39 is 41.6 Å². The van der Waals surface area contributed by atoms with Crippen LogP contribution < -0.4 is 15.6 Å². The highest BCUT2D eigenvalue weighted by atomic mass is 19.1. The van der Waals surface area contributed by atoms with Crippen LogP contribution in [0.4, 0.5) is 10.3 Å². The van der Waals surface area contributed by atoms with Crippen LogP contribution in [0.15, 0.2) is 96.1 Å². The van der Waals surface area contributed by atoms with E-state index in [4.69, 9.17) is 20.9 Å². The Labute approximate surface area is 247 Å². The Bertz CT molecular complexity index is 1800. The first-order chi connectivity index (χ1) is 20.9. The topological polar surface area (TPSA) is 114 Å². The summed E-state index contributed by atoms with van der Waals surface area (Å²) in [5, 5.41) is 13.5. The third-order valence-corrected chi connectivity index (χ3v) is 8.24. The van der Waals surface area contributed by atoms with Gasteiger partial charge in [-0.1, -0.05) is 85.6 Å². The summed E-state index contributed by atoms with van der Waals surface area (Å²) in [6.45, 7) is 1.02. The minimum atomic E-state index is -1.59. The van der Waals surface area contributed by atoms with Gasteiger partial charge in [0.2, 0.25) is 5.95 Å². The fourth-order valence-corrected chi connectivity index (χ4v) is 5.78. The average Bonchev–Trinajstić information content (AvgIpc) is 3.59. The SMILES string of the molecule is C#C[C@]1(CO)O[C@@H](n2cnc3c(=O)[nH]c(NC(c4ccccc4)(c4ccccc4)c4ccc(OC)cc4)nc32)[C@@H](F)[C@@H]1C. The summed E-state index contributed by atoms with van der Waals surface area (Å²) in [7, 11) is 1.60. The molecule has 0 bridgehead atoms. The number of rotatable bonds is 8. The zero-order valence-corrected chi connectivity index (χ0v) is 23.6. The van der Waals surface area contributed by atoms with Crippen molar-refractivity contribution in [3.8, 4) is 18.1 Å². The second kappa shape index (κ2) is 11.0. The summed E-state index contributed by atoms with van der Waals surface area (Å²) in [5.74, 6) is 2.40. The Morgan fingerprint density at radius 2 is 1.70 bits per heavy atom. The number of hydrogen-bond acceptors (Lipinski definition) is 7. The van der Waals surface area contributed by atoms with E-state index in [1.165, 1.54) is 10.9 Å². The predicted octanol–water partition coefficient (Wildman–Crippen LogP) is 4.40. The van der Waals surface area contributed by atoms with E-state index in [1.807, 2.05) is 84.9 Å². The molecule has 3 heterocycles. The van der Waals surface area contributed by atoms with Gasteiger partial charge in [0.15, 0.2) is 29.2 Å². The number of terminal acetylenes is 1. The molecule has 0 radical (unpaired) electrons. The molecule has 2 aromatic heterocycles. The number of anilines is 1. The molecule has 10 heteroatoms. The van der Waals surface area contributed by atoms with E-state index >= 15 is 4.39 Å². The van der Waals surface area contributed by atoms with Gasteiger partial charge in [0.1, 0.15) is 11.3 Å². The summed E-state index contributed by atoms with van der Waals surface area (Å²) in [6, 6.07) is 27.2. The van der Waals surface area contributed by atoms with Gasteiger partial charge < -0.3 is 19.9 Å². The monoisotopic (exact) mass is 579 g/mol. The minimum absolute atomic E-state index is 0.00526. The van der Waals surface area contributed by atoms with E-state index in [1.54, 1.807) is 14.0 Å². The van der Waals surface area contributed by atoms with Gasteiger partial charge in [0.25, 0.3) is 5.56 Å². The van der Waals surface area contributed by atoms with Crippen molar-refractivity contribution in [2.24, 2.45) is 5.92 Å². The standard InChI is InChI=1S/C33H30FN5O4/c1-4-32(19-40)21(2)26(34)30(43-32)39-20-35-27-28(39)36-31(37-29(27)41)38-33(22-11-7-5-8-12-22,23-13-9-6-10-14-23)24-15-17-25(42-3)18-16-24/h1,5-18,20-21,26,30,40H,19H2,2-3H3,(H2,36,37,38,41)/t21-,26-,30+,32+/m0/s1. The molecule has 0 saturated carbocycles. The number of alkyl halides is 1. The Kier molecular flexibility index (Phi) is 7.22. The van der Waals surface area contributed by atoms with Crippen molar-refractivity contribution in [2.45, 2.75) is 30.5 Å². The first-order valence-corrected chi connectivity index (χ1v) is 13.8. The Hall–Kier alpha value is -4.98. The number of ether oxygens (including phenoxy) is 2. The Morgan fingerprint density at radius 3 is 2.23 bits per heavy atom. The number of aromatic amines is 1. The molecule has 1 aliphatic rings. The highest BCUT2D eigenvalue weighted by Crippen LogP contribution is 2.44.